The number of carbonyl (C=O) groups excluding carboxylic acids is 1. The van der Waals surface area contributed by atoms with E-state index < -0.39 is 11.2 Å². The molecule has 2 aliphatic rings. The molecule has 2 aliphatic heterocycles. The van der Waals surface area contributed by atoms with E-state index in [0.29, 0.717) is 12.8 Å². The smallest absolute Gasteiger partial charge is 0.309 e. The largest absolute Gasteiger partial charge is 0.460 e. The van der Waals surface area contributed by atoms with Gasteiger partial charge in [-0.15, -0.1) is 0 Å². The van der Waals surface area contributed by atoms with Crippen LogP contribution in [0.5, 0.6) is 0 Å². The predicted molar refractivity (Wildman–Crippen MR) is 95.5 cm³/mol. The second-order valence-corrected chi connectivity index (χ2v) is 7.95. The molecule has 0 atom stereocenters. The molecule has 0 radical (unpaired) electrons. The molecule has 0 bridgehead atoms. The lowest BCUT2D eigenvalue weighted by molar-refractivity contribution is -0.161. The number of ether oxygens (including phenoxy) is 1. The minimum Gasteiger partial charge on any atom is -0.460 e. The van der Waals surface area contributed by atoms with E-state index in [0.717, 1.165) is 26.1 Å². The SMILES string of the molecule is CC(C)(C)OC(=O)CC1(O)CCN(c2cccc3c2CCN3)CC1. The number of esters is 1. The van der Waals surface area contributed by atoms with Crippen LogP contribution in [0.1, 0.15) is 45.6 Å². The van der Waals surface area contributed by atoms with E-state index in [4.69, 9.17) is 4.74 Å². The van der Waals surface area contributed by atoms with Crippen molar-refractivity contribution in [2.75, 3.05) is 29.9 Å². The first kappa shape index (κ1) is 17.1. The van der Waals surface area contributed by atoms with Crippen LogP contribution in [0.25, 0.3) is 0 Å². The van der Waals surface area contributed by atoms with Crippen molar-refractivity contribution < 1.29 is 14.6 Å². The highest BCUT2D eigenvalue weighted by atomic mass is 16.6. The number of fused-ring (bicyclic) bond motifs is 1. The maximum Gasteiger partial charge on any atom is 0.309 e. The van der Waals surface area contributed by atoms with E-state index in [9.17, 15) is 9.90 Å². The summed E-state index contributed by atoms with van der Waals surface area (Å²) in [6.45, 7) is 8.05. The molecule has 5 heteroatoms. The van der Waals surface area contributed by atoms with Gasteiger partial charge in [0.25, 0.3) is 0 Å². The monoisotopic (exact) mass is 332 g/mol. The Balaban J connectivity index is 1.61. The quantitative estimate of drug-likeness (QED) is 0.834. The van der Waals surface area contributed by atoms with Crippen molar-refractivity contribution in [2.24, 2.45) is 0 Å². The van der Waals surface area contributed by atoms with Gasteiger partial charge in [-0.3, -0.25) is 4.79 Å². The van der Waals surface area contributed by atoms with Gasteiger partial charge in [-0.25, -0.2) is 0 Å². The average Bonchev–Trinajstić information content (AvgIpc) is 2.94. The molecular formula is C19H28N2O3. The van der Waals surface area contributed by atoms with Crippen molar-refractivity contribution in [3.05, 3.63) is 23.8 Å². The lowest BCUT2D eigenvalue weighted by Crippen LogP contribution is -2.46. The number of piperidine rings is 1. The highest BCUT2D eigenvalue weighted by Gasteiger charge is 2.36. The number of nitrogens with one attached hydrogen (secondary N) is 1. The summed E-state index contributed by atoms with van der Waals surface area (Å²) in [6.07, 6.45) is 2.30. The maximum absolute atomic E-state index is 12.0. The molecule has 1 fully saturated rings. The van der Waals surface area contributed by atoms with E-state index in [1.165, 1.54) is 16.9 Å². The molecule has 24 heavy (non-hydrogen) atoms. The van der Waals surface area contributed by atoms with Crippen LogP contribution < -0.4 is 10.2 Å². The van der Waals surface area contributed by atoms with Crippen LogP contribution in [0.15, 0.2) is 18.2 Å². The van der Waals surface area contributed by atoms with Crippen LogP contribution >= 0.6 is 0 Å². The fourth-order valence-corrected chi connectivity index (χ4v) is 3.61. The molecule has 0 aromatic heterocycles. The highest BCUT2D eigenvalue weighted by molar-refractivity contribution is 5.72. The fraction of sp³-hybridized carbons (Fsp3) is 0.632. The Kier molecular flexibility index (Phi) is 4.47. The molecule has 5 nitrogen and oxygen atoms in total. The second kappa shape index (κ2) is 6.28. The number of anilines is 2. The zero-order chi connectivity index (χ0) is 17.4. The van der Waals surface area contributed by atoms with Crippen LogP contribution in [0.3, 0.4) is 0 Å². The topological polar surface area (TPSA) is 61.8 Å². The molecule has 3 rings (SSSR count). The Morgan fingerprint density at radius 1 is 1.33 bits per heavy atom. The van der Waals surface area contributed by atoms with Crippen molar-refractivity contribution in [1.82, 2.24) is 0 Å². The third kappa shape index (κ3) is 3.83. The number of hydrogen-bond acceptors (Lipinski definition) is 5. The zero-order valence-electron chi connectivity index (χ0n) is 14.9. The summed E-state index contributed by atoms with van der Waals surface area (Å²) in [7, 11) is 0. The third-order valence-corrected chi connectivity index (χ3v) is 4.77. The van der Waals surface area contributed by atoms with Gasteiger partial charge in [-0.2, -0.15) is 0 Å². The van der Waals surface area contributed by atoms with Gasteiger partial charge in [0.15, 0.2) is 0 Å². The highest BCUT2D eigenvalue weighted by Crippen LogP contribution is 2.35. The second-order valence-electron chi connectivity index (χ2n) is 7.95. The summed E-state index contributed by atoms with van der Waals surface area (Å²) in [5.74, 6) is -0.316. The van der Waals surface area contributed by atoms with E-state index >= 15 is 0 Å². The van der Waals surface area contributed by atoms with Crippen molar-refractivity contribution in [3.8, 4) is 0 Å². The van der Waals surface area contributed by atoms with Gasteiger partial charge in [-0.1, -0.05) is 6.07 Å². The molecule has 132 valence electrons. The van der Waals surface area contributed by atoms with Gasteiger partial charge in [0.2, 0.25) is 0 Å². The van der Waals surface area contributed by atoms with E-state index in [2.05, 4.69) is 28.4 Å². The molecule has 2 N–H and O–H groups in total. The van der Waals surface area contributed by atoms with Crippen molar-refractivity contribution >= 4 is 17.3 Å². The molecule has 0 saturated carbocycles. The Morgan fingerprint density at radius 3 is 2.71 bits per heavy atom. The molecule has 0 spiro atoms. The molecule has 1 aromatic rings. The molecule has 1 aromatic carbocycles. The number of rotatable bonds is 3. The van der Waals surface area contributed by atoms with Crippen LogP contribution in [0.2, 0.25) is 0 Å². The van der Waals surface area contributed by atoms with Gasteiger partial charge in [-0.05, 0) is 52.2 Å². The normalized spacial score (nSPS) is 19.6. The summed E-state index contributed by atoms with van der Waals surface area (Å²) >= 11 is 0. The summed E-state index contributed by atoms with van der Waals surface area (Å²) in [4.78, 5) is 14.4. The molecule has 0 unspecified atom stereocenters. The zero-order valence-corrected chi connectivity index (χ0v) is 14.9. The molecule has 1 saturated heterocycles. The first-order chi connectivity index (χ1) is 11.3. The van der Waals surface area contributed by atoms with Crippen molar-refractivity contribution in [3.63, 3.8) is 0 Å². The molecule has 0 aliphatic carbocycles. The Hall–Kier alpha value is -1.75. The number of benzene rings is 1. The molecule has 2 heterocycles. The summed E-state index contributed by atoms with van der Waals surface area (Å²) in [6, 6.07) is 6.35. The van der Waals surface area contributed by atoms with Crippen LogP contribution in [0, 0.1) is 0 Å². The van der Waals surface area contributed by atoms with Crippen molar-refractivity contribution in [2.45, 2.75) is 57.7 Å². The molecular weight excluding hydrogens is 304 g/mol. The van der Waals surface area contributed by atoms with Crippen LogP contribution in [-0.4, -0.2) is 41.9 Å². The van der Waals surface area contributed by atoms with Gasteiger partial charge >= 0.3 is 5.97 Å². The lowest BCUT2D eigenvalue weighted by Gasteiger charge is -2.39. The first-order valence-electron chi connectivity index (χ1n) is 8.81. The van der Waals surface area contributed by atoms with Crippen molar-refractivity contribution in [1.29, 1.82) is 0 Å². The third-order valence-electron chi connectivity index (χ3n) is 4.77. The van der Waals surface area contributed by atoms with Crippen LogP contribution in [-0.2, 0) is 16.0 Å². The predicted octanol–water partition coefficient (Wildman–Crippen LogP) is 2.72. The Labute approximate surface area is 144 Å². The average molecular weight is 332 g/mol. The number of carbonyl (C=O) groups is 1. The number of aliphatic hydroxyl groups is 1. The van der Waals surface area contributed by atoms with E-state index in [1.54, 1.807) is 0 Å². The Morgan fingerprint density at radius 2 is 2.04 bits per heavy atom. The van der Waals surface area contributed by atoms with Gasteiger partial charge in [0.05, 0.1) is 12.0 Å². The summed E-state index contributed by atoms with van der Waals surface area (Å²) in [5.41, 5.74) is 2.40. The van der Waals surface area contributed by atoms with Gasteiger partial charge in [0.1, 0.15) is 5.60 Å². The lowest BCUT2D eigenvalue weighted by atomic mass is 9.87. The number of hydrogen-bond donors (Lipinski definition) is 2. The van der Waals surface area contributed by atoms with Gasteiger partial charge in [0, 0.05) is 36.6 Å². The minimum absolute atomic E-state index is 0.0760. The van der Waals surface area contributed by atoms with E-state index in [1.807, 2.05) is 20.8 Å². The first-order valence-corrected chi connectivity index (χ1v) is 8.81. The Bertz CT molecular complexity index is 614. The number of nitrogens with zero attached hydrogens (tertiary/aromatic N) is 1. The summed E-state index contributed by atoms with van der Waals surface area (Å²) in [5, 5.41) is 14.2. The summed E-state index contributed by atoms with van der Waals surface area (Å²) < 4.78 is 5.36. The van der Waals surface area contributed by atoms with E-state index in [-0.39, 0.29) is 12.4 Å². The standard InChI is InChI=1S/C19H28N2O3/c1-18(2,3)24-17(22)13-19(23)8-11-21(12-9-19)16-6-4-5-15-14(16)7-10-20-15/h4-6,20,23H,7-13H2,1-3H3. The molecule has 0 amide bonds. The fourth-order valence-electron chi connectivity index (χ4n) is 3.61. The maximum atomic E-state index is 12.0. The minimum atomic E-state index is -0.949. The van der Waals surface area contributed by atoms with Crippen LogP contribution in [0.4, 0.5) is 11.4 Å². The van der Waals surface area contributed by atoms with Gasteiger partial charge < -0.3 is 20.1 Å².